The number of amides is 2. The molecule has 10 nitrogen and oxygen atoms in total. The fourth-order valence-electron chi connectivity index (χ4n) is 2.92. The number of nitrogens with one attached hydrogen (secondary N) is 1. The Bertz CT molecular complexity index is 923. The topological polar surface area (TPSA) is 115 Å². The van der Waals surface area contributed by atoms with Crippen LogP contribution in [0.3, 0.4) is 0 Å². The van der Waals surface area contributed by atoms with Gasteiger partial charge in [0.1, 0.15) is 18.0 Å². The minimum atomic E-state index is -0.495. The summed E-state index contributed by atoms with van der Waals surface area (Å²) in [6.45, 7) is 1.76. The summed E-state index contributed by atoms with van der Waals surface area (Å²) in [5.74, 6) is 0.994. The van der Waals surface area contributed by atoms with E-state index in [1.54, 1.807) is 37.3 Å². The third kappa shape index (κ3) is 3.29. The summed E-state index contributed by atoms with van der Waals surface area (Å²) in [6.07, 6.45) is 0. The molecule has 0 radical (unpaired) electrons. The molecule has 0 fully saturated rings. The Labute approximate surface area is 154 Å². The zero-order valence-corrected chi connectivity index (χ0v) is 15.0. The molecule has 0 bridgehead atoms. The van der Waals surface area contributed by atoms with Crippen LogP contribution in [-0.4, -0.2) is 25.2 Å². The van der Waals surface area contributed by atoms with Crippen LogP contribution >= 0.6 is 0 Å². The third-order valence-electron chi connectivity index (χ3n) is 4.31. The van der Waals surface area contributed by atoms with Crippen LogP contribution in [0.1, 0.15) is 11.1 Å². The summed E-state index contributed by atoms with van der Waals surface area (Å²) >= 11 is 0. The van der Waals surface area contributed by atoms with Crippen LogP contribution in [0.25, 0.3) is 0 Å². The number of nitro benzene ring substituents is 1. The highest BCUT2D eigenvalue weighted by atomic mass is 16.6. The molecule has 0 spiro atoms. The molecular weight excluding hydrogens is 354 g/mol. The van der Waals surface area contributed by atoms with Gasteiger partial charge in [-0.1, -0.05) is 4.59 Å². The SMILES string of the molecule is COc1cc(OC)cc([N+]2(Cc3ccc([N+](=O)[O-])c(C)c3)N=NNC2=O)c1. The first-order valence-corrected chi connectivity index (χ1v) is 7.98. The van der Waals surface area contributed by atoms with Gasteiger partial charge in [0.2, 0.25) is 0 Å². The Kier molecular flexibility index (Phi) is 4.74. The van der Waals surface area contributed by atoms with Crippen molar-refractivity contribution in [3.8, 4) is 11.5 Å². The number of nitrogens with zero attached hydrogens (tertiary/aromatic N) is 4. The molecule has 140 valence electrons. The van der Waals surface area contributed by atoms with Crippen molar-refractivity contribution in [3.05, 3.63) is 57.6 Å². The molecule has 10 heteroatoms. The van der Waals surface area contributed by atoms with E-state index in [9.17, 15) is 14.9 Å². The number of methoxy groups -OCH3 is 2. The molecule has 1 N–H and O–H groups in total. The van der Waals surface area contributed by atoms with Gasteiger partial charge in [0.05, 0.1) is 24.4 Å². The number of benzene rings is 2. The van der Waals surface area contributed by atoms with Gasteiger partial charge in [-0.3, -0.25) is 10.1 Å². The van der Waals surface area contributed by atoms with Crippen molar-refractivity contribution < 1.29 is 19.2 Å². The second-order valence-electron chi connectivity index (χ2n) is 5.98. The molecule has 27 heavy (non-hydrogen) atoms. The molecule has 1 atom stereocenters. The van der Waals surface area contributed by atoms with Gasteiger partial charge >= 0.3 is 6.03 Å². The summed E-state index contributed by atoms with van der Waals surface area (Å²) in [4.78, 5) is 23.2. The Morgan fingerprint density at radius 3 is 2.30 bits per heavy atom. The number of hydrogen-bond acceptors (Lipinski definition) is 7. The zero-order chi connectivity index (χ0) is 19.6. The minimum absolute atomic E-state index is 0.0147. The summed E-state index contributed by atoms with van der Waals surface area (Å²) in [5.41, 5.74) is 4.04. The maximum Gasteiger partial charge on any atom is 0.471 e. The normalized spacial score (nSPS) is 18.3. The molecule has 1 aliphatic heterocycles. The molecule has 0 aromatic heterocycles. The highest BCUT2D eigenvalue weighted by Crippen LogP contribution is 2.37. The van der Waals surface area contributed by atoms with Crippen LogP contribution in [0.2, 0.25) is 0 Å². The quantitative estimate of drug-likeness (QED) is 0.474. The summed E-state index contributed by atoms with van der Waals surface area (Å²) in [6, 6.07) is 9.25. The fraction of sp³-hybridized carbons (Fsp3) is 0.235. The van der Waals surface area contributed by atoms with Crippen LogP contribution < -0.4 is 19.5 Å². The molecule has 1 aliphatic rings. The fourth-order valence-corrected chi connectivity index (χ4v) is 2.92. The van der Waals surface area contributed by atoms with Gasteiger partial charge in [-0.25, -0.2) is 4.79 Å². The van der Waals surface area contributed by atoms with E-state index in [1.807, 2.05) is 0 Å². The van der Waals surface area contributed by atoms with Crippen molar-refractivity contribution >= 4 is 17.4 Å². The van der Waals surface area contributed by atoms with Crippen LogP contribution in [0.5, 0.6) is 11.5 Å². The van der Waals surface area contributed by atoms with E-state index in [4.69, 9.17) is 9.47 Å². The molecule has 0 saturated heterocycles. The number of carbonyl (C=O) groups is 1. The average Bonchev–Trinajstić information content (AvgIpc) is 3.02. The molecule has 2 aromatic rings. The second-order valence-corrected chi connectivity index (χ2v) is 5.98. The van der Waals surface area contributed by atoms with Crippen molar-refractivity contribution in [2.45, 2.75) is 13.5 Å². The molecule has 1 unspecified atom stereocenters. The highest BCUT2D eigenvalue weighted by molar-refractivity contribution is 5.87. The van der Waals surface area contributed by atoms with Gasteiger partial charge in [0.25, 0.3) is 5.69 Å². The van der Waals surface area contributed by atoms with Gasteiger partial charge in [0.15, 0.2) is 5.69 Å². The molecule has 0 aliphatic carbocycles. The van der Waals surface area contributed by atoms with Gasteiger partial charge in [0, 0.05) is 35.4 Å². The van der Waals surface area contributed by atoms with Crippen molar-refractivity contribution in [2.24, 2.45) is 10.4 Å². The highest BCUT2D eigenvalue weighted by Gasteiger charge is 2.46. The first-order valence-electron chi connectivity index (χ1n) is 7.98. The third-order valence-corrected chi connectivity index (χ3v) is 4.31. The maximum atomic E-state index is 12.6. The lowest BCUT2D eigenvalue weighted by atomic mass is 10.1. The Morgan fingerprint density at radius 2 is 1.81 bits per heavy atom. The number of hydrogen-bond donors (Lipinski definition) is 1. The number of rotatable bonds is 6. The van der Waals surface area contributed by atoms with Crippen LogP contribution in [0.4, 0.5) is 16.2 Å². The molecule has 2 aromatic carbocycles. The number of ether oxygens (including phenoxy) is 2. The van der Waals surface area contributed by atoms with E-state index in [0.717, 1.165) is 0 Å². The van der Waals surface area contributed by atoms with Crippen molar-refractivity contribution in [1.29, 1.82) is 0 Å². The standard InChI is InChI=1S/C17H17N5O5/c1-11-6-12(4-5-16(11)21(24)25)10-22(17(23)18-19-20-22)13-7-14(26-2)9-15(8-13)27-3/h4-9H,10H2,1-3H3/p+1. The van der Waals surface area contributed by atoms with Crippen LogP contribution in [0, 0.1) is 17.0 Å². The lowest BCUT2D eigenvalue weighted by Crippen LogP contribution is -2.48. The number of quaternary nitrogens is 1. The first kappa shape index (κ1) is 18.3. The van der Waals surface area contributed by atoms with E-state index in [-0.39, 0.29) is 12.2 Å². The van der Waals surface area contributed by atoms with Crippen molar-refractivity contribution in [2.75, 3.05) is 14.2 Å². The number of nitro groups is 1. The Balaban J connectivity index is 2.08. The smallest absolute Gasteiger partial charge is 0.471 e. The number of aryl methyl sites for hydroxylation is 1. The van der Waals surface area contributed by atoms with Crippen LogP contribution in [-0.2, 0) is 6.54 Å². The molecular formula is C17H18N5O5+. The van der Waals surface area contributed by atoms with E-state index in [2.05, 4.69) is 15.9 Å². The van der Waals surface area contributed by atoms with E-state index >= 15 is 0 Å². The molecule has 0 saturated carbocycles. The average molecular weight is 372 g/mol. The van der Waals surface area contributed by atoms with E-state index < -0.39 is 15.5 Å². The lowest BCUT2D eigenvalue weighted by molar-refractivity contribution is -0.385. The van der Waals surface area contributed by atoms with Gasteiger partial charge in [-0.05, 0) is 24.3 Å². The van der Waals surface area contributed by atoms with Gasteiger partial charge in [-0.2, -0.15) is 5.43 Å². The largest absolute Gasteiger partial charge is 0.496 e. The lowest BCUT2D eigenvalue weighted by Gasteiger charge is -2.23. The van der Waals surface area contributed by atoms with Crippen LogP contribution in [0.15, 0.2) is 46.8 Å². The second kappa shape index (κ2) is 7.00. The first-order chi connectivity index (χ1) is 12.9. The summed E-state index contributed by atoms with van der Waals surface area (Å²) in [7, 11) is 3.02. The van der Waals surface area contributed by atoms with E-state index in [1.165, 1.54) is 20.3 Å². The Morgan fingerprint density at radius 1 is 1.15 bits per heavy atom. The summed E-state index contributed by atoms with van der Waals surface area (Å²) in [5, 5.41) is 18.8. The number of urea groups is 1. The Hall–Kier alpha value is -3.53. The zero-order valence-electron chi connectivity index (χ0n) is 15.0. The van der Waals surface area contributed by atoms with E-state index in [0.29, 0.717) is 28.3 Å². The maximum absolute atomic E-state index is 12.6. The summed E-state index contributed by atoms with van der Waals surface area (Å²) < 4.78 is 10.1. The molecule has 1 heterocycles. The number of carbonyl (C=O) groups excluding carboxylic acids is 1. The molecule has 2 amide bonds. The van der Waals surface area contributed by atoms with Gasteiger partial charge in [-0.15, -0.1) is 0 Å². The monoisotopic (exact) mass is 372 g/mol. The molecule has 3 rings (SSSR count). The predicted molar refractivity (Wildman–Crippen MR) is 96.3 cm³/mol. The minimum Gasteiger partial charge on any atom is -0.496 e. The van der Waals surface area contributed by atoms with Crippen molar-refractivity contribution in [3.63, 3.8) is 0 Å². The van der Waals surface area contributed by atoms with Crippen molar-refractivity contribution in [1.82, 2.24) is 10.0 Å². The van der Waals surface area contributed by atoms with Gasteiger partial charge < -0.3 is 9.47 Å². The predicted octanol–water partition coefficient (Wildman–Crippen LogP) is 3.43.